The number of hydrogen-bond acceptors (Lipinski definition) is 10. The normalized spacial score (nSPS) is 23.0. The second-order valence-electron chi connectivity index (χ2n) is 8.36. The summed E-state index contributed by atoms with van der Waals surface area (Å²) in [5, 5.41) is 21.3. The van der Waals surface area contributed by atoms with Crippen molar-refractivity contribution in [3.05, 3.63) is 86.4 Å². The summed E-state index contributed by atoms with van der Waals surface area (Å²) in [5.41, 5.74) is 0.340. The average molecular weight is 606 g/mol. The lowest BCUT2D eigenvalue weighted by molar-refractivity contribution is -0.0547. The van der Waals surface area contributed by atoms with Crippen molar-refractivity contribution in [1.29, 1.82) is 0 Å². The van der Waals surface area contributed by atoms with Crippen LogP contribution in [0.15, 0.2) is 64.4 Å². The number of benzene rings is 1. The number of pyridine rings is 1. The van der Waals surface area contributed by atoms with E-state index in [-0.39, 0.29) is 6.54 Å². The molecule has 1 fully saturated rings. The Labute approximate surface area is 224 Å². The molecule has 3 aromatic rings. The Bertz CT molecular complexity index is 1560. The van der Waals surface area contributed by atoms with Crippen LogP contribution in [0.1, 0.15) is 11.9 Å². The Morgan fingerprint density at radius 1 is 1.00 bits per heavy atom. The van der Waals surface area contributed by atoms with E-state index in [1.165, 1.54) is 6.20 Å². The van der Waals surface area contributed by atoms with Crippen LogP contribution in [-0.2, 0) is 29.2 Å². The van der Waals surface area contributed by atoms with Gasteiger partial charge in [0.15, 0.2) is 6.23 Å². The number of aliphatic hydroxyl groups excluding tert-OH is 2. The van der Waals surface area contributed by atoms with Crippen LogP contribution in [0.4, 0.5) is 0 Å². The molecule has 0 bridgehead atoms. The number of aromatic nitrogens is 3. The van der Waals surface area contributed by atoms with Crippen molar-refractivity contribution >= 4 is 27.2 Å². The predicted octanol–water partition coefficient (Wildman–Crippen LogP) is 0.619. The number of ether oxygens (including phenoxy) is 1. The van der Waals surface area contributed by atoms with Crippen LogP contribution in [0.5, 0.6) is 0 Å². The van der Waals surface area contributed by atoms with Gasteiger partial charge in [0, 0.05) is 23.5 Å². The van der Waals surface area contributed by atoms with Crippen molar-refractivity contribution in [3.63, 3.8) is 0 Å². The maximum atomic E-state index is 13.2. The van der Waals surface area contributed by atoms with E-state index in [0.717, 1.165) is 32.5 Å². The van der Waals surface area contributed by atoms with Gasteiger partial charge < -0.3 is 29.6 Å². The highest BCUT2D eigenvalue weighted by atomic mass is 35.5. The van der Waals surface area contributed by atoms with Gasteiger partial charge in [0.2, 0.25) is 0 Å². The standard InChI is InChI=1S/C21H22ClN3O12P2/c22-14-3-1-12(2-4-14)13-5-7-23-15(9-13)10-25-17(26)6-8-24(21(25)29)20-19(28)18(27)16(36-20)11-35-39(33,34)37-38(30,31)32/h1-9,16,18-20,27-28H,10-11H2,(H,33,34)(H2,30,31,32)/t16-,18+,19?,20-/m1/s1. The number of phosphoric acid groups is 2. The Balaban J connectivity index is 1.55. The summed E-state index contributed by atoms with van der Waals surface area (Å²) in [5.74, 6) is 0. The molecule has 1 aliphatic heterocycles. The van der Waals surface area contributed by atoms with E-state index in [0.29, 0.717) is 10.7 Å². The number of aliphatic hydroxyl groups is 2. The van der Waals surface area contributed by atoms with Gasteiger partial charge in [-0.05, 0) is 35.4 Å². The molecular weight excluding hydrogens is 584 g/mol. The molecule has 210 valence electrons. The summed E-state index contributed by atoms with van der Waals surface area (Å²) in [6.07, 6.45) is -4.04. The second kappa shape index (κ2) is 11.5. The van der Waals surface area contributed by atoms with E-state index in [4.69, 9.17) is 26.1 Å². The third-order valence-electron chi connectivity index (χ3n) is 5.63. The van der Waals surface area contributed by atoms with E-state index < -0.39 is 58.0 Å². The molecule has 0 amide bonds. The van der Waals surface area contributed by atoms with Crippen LogP contribution in [-0.4, -0.2) is 63.9 Å². The molecule has 1 aliphatic rings. The fourth-order valence-electron chi connectivity index (χ4n) is 3.84. The lowest BCUT2D eigenvalue weighted by Gasteiger charge is -2.19. The maximum absolute atomic E-state index is 13.2. The third kappa shape index (κ3) is 7.17. The Hall–Kier alpha value is -2.52. The van der Waals surface area contributed by atoms with E-state index in [2.05, 4.69) is 13.8 Å². The average Bonchev–Trinajstić information content (AvgIpc) is 3.13. The van der Waals surface area contributed by atoms with Crippen molar-refractivity contribution < 1.29 is 47.6 Å². The quantitative estimate of drug-likeness (QED) is 0.211. The smallest absolute Gasteiger partial charge is 0.387 e. The number of nitrogens with zero attached hydrogens (tertiary/aromatic N) is 3. The first kappa shape index (κ1) is 29.5. The molecule has 39 heavy (non-hydrogen) atoms. The van der Waals surface area contributed by atoms with Crippen molar-refractivity contribution in [2.75, 3.05) is 6.61 Å². The second-order valence-corrected chi connectivity index (χ2v) is 11.6. The lowest BCUT2D eigenvalue weighted by atomic mass is 10.1. The number of halogens is 1. The Morgan fingerprint density at radius 3 is 2.36 bits per heavy atom. The predicted molar refractivity (Wildman–Crippen MR) is 134 cm³/mol. The number of phosphoric ester groups is 1. The first-order valence-corrected chi connectivity index (χ1v) is 14.4. The van der Waals surface area contributed by atoms with Gasteiger partial charge in [-0.15, -0.1) is 0 Å². The first-order chi connectivity index (χ1) is 18.2. The maximum Gasteiger partial charge on any atom is 0.481 e. The van der Waals surface area contributed by atoms with Crippen molar-refractivity contribution in [2.45, 2.75) is 31.1 Å². The van der Waals surface area contributed by atoms with Gasteiger partial charge >= 0.3 is 21.3 Å². The van der Waals surface area contributed by atoms with Gasteiger partial charge in [-0.3, -0.25) is 23.4 Å². The molecule has 0 spiro atoms. The molecule has 1 aromatic carbocycles. The highest BCUT2D eigenvalue weighted by Gasteiger charge is 2.46. The molecule has 18 heteroatoms. The largest absolute Gasteiger partial charge is 0.481 e. The van der Waals surface area contributed by atoms with Gasteiger partial charge in [0.25, 0.3) is 5.56 Å². The molecule has 5 N–H and O–H groups in total. The zero-order valence-corrected chi connectivity index (χ0v) is 22.2. The summed E-state index contributed by atoms with van der Waals surface area (Å²) >= 11 is 5.93. The topological polar surface area (TPSA) is 220 Å². The van der Waals surface area contributed by atoms with Crippen LogP contribution < -0.4 is 11.2 Å². The monoisotopic (exact) mass is 605 g/mol. The highest BCUT2D eigenvalue weighted by molar-refractivity contribution is 7.60. The van der Waals surface area contributed by atoms with Crippen molar-refractivity contribution in [2.24, 2.45) is 0 Å². The van der Waals surface area contributed by atoms with Gasteiger partial charge in [-0.2, -0.15) is 4.31 Å². The minimum Gasteiger partial charge on any atom is -0.387 e. The molecule has 0 aliphatic carbocycles. The highest BCUT2D eigenvalue weighted by Crippen LogP contribution is 2.57. The minimum atomic E-state index is -5.38. The fourth-order valence-corrected chi connectivity index (χ4v) is 5.57. The van der Waals surface area contributed by atoms with Crippen LogP contribution >= 0.6 is 27.2 Å². The SMILES string of the molecule is O=c1ccn([C@@H]2O[C@H](COP(=O)(O)OP(=O)(O)O)[C@H](O)C2O)c(=O)n1Cc1cc(-c2ccc(Cl)cc2)ccn1. The number of rotatable bonds is 9. The van der Waals surface area contributed by atoms with E-state index >= 15 is 0 Å². The lowest BCUT2D eigenvalue weighted by Crippen LogP contribution is -2.43. The Kier molecular flexibility index (Phi) is 8.71. The molecule has 2 unspecified atom stereocenters. The summed E-state index contributed by atoms with van der Waals surface area (Å²) in [6.45, 7) is -1.19. The van der Waals surface area contributed by atoms with E-state index in [1.807, 2.05) is 0 Å². The van der Waals surface area contributed by atoms with Gasteiger partial charge in [0.1, 0.15) is 18.3 Å². The van der Waals surface area contributed by atoms with Gasteiger partial charge in [0.05, 0.1) is 18.8 Å². The van der Waals surface area contributed by atoms with E-state index in [9.17, 15) is 33.8 Å². The molecule has 15 nitrogen and oxygen atoms in total. The molecular formula is C21H22ClN3O12P2. The molecule has 0 radical (unpaired) electrons. The van der Waals surface area contributed by atoms with Gasteiger partial charge in [-0.1, -0.05) is 23.7 Å². The number of hydrogen-bond donors (Lipinski definition) is 5. The van der Waals surface area contributed by atoms with Crippen molar-refractivity contribution in [1.82, 2.24) is 14.1 Å². The summed E-state index contributed by atoms with van der Waals surface area (Å²) in [4.78, 5) is 56.7. The zero-order valence-electron chi connectivity index (χ0n) is 19.6. The molecule has 1 saturated heterocycles. The van der Waals surface area contributed by atoms with E-state index in [1.54, 1.807) is 36.4 Å². The molecule has 5 atom stereocenters. The van der Waals surface area contributed by atoms with Crippen LogP contribution in [0.25, 0.3) is 11.1 Å². The van der Waals surface area contributed by atoms with Crippen LogP contribution in [0, 0.1) is 0 Å². The third-order valence-corrected chi connectivity index (χ3v) is 8.04. The molecule has 4 rings (SSSR count). The van der Waals surface area contributed by atoms with Crippen LogP contribution in [0.3, 0.4) is 0 Å². The van der Waals surface area contributed by atoms with Gasteiger partial charge in [-0.25, -0.2) is 13.9 Å². The fraction of sp³-hybridized carbons (Fsp3) is 0.286. The van der Waals surface area contributed by atoms with Crippen molar-refractivity contribution in [3.8, 4) is 11.1 Å². The summed E-state index contributed by atoms with van der Waals surface area (Å²) in [7, 11) is -10.6. The molecule has 2 aromatic heterocycles. The Morgan fingerprint density at radius 2 is 1.69 bits per heavy atom. The molecule has 0 saturated carbocycles. The molecule has 3 heterocycles. The van der Waals surface area contributed by atoms with Crippen LogP contribution in [0.2, 0.25) is 5.02 Å². The minimum absolute atomic E-state index is 0.245. The summed E-state index contributed by atoms with van der Waals surface area (Å²) in [6, 6.07) is 11.5. The zero-order chi connectivity index (χ0) is 28.5. The summed E-state index contributed by atoms with van der Waals surface area (Å²) < 4.78 is 37.7. The first-order valence-electron chi connectivity index (χ1n) is 11.0.